The van der Waals surface area contributed by atoms with Gasteiger partial charge < -0.3 is 15.7 Å². The molecule has 0 aromatic carbocycles. The molecule has 1 aliphatic rings. The molecule has 1 unspecified atom stereocenters. The molecular weight excluding hydrogens is 280 g/mol. The molecule has 1 saturated heterocycles. The van der Waals surface area contributed by atoms with Crippen LogP contribution in [0.5, 0.6) is 0 Å². The first-order valence-electron chi connectivity index (χ1n) is 6.11. The minimum absolute atomic E-state index is 0.00328. The maximum Gasteiger partial charge on any atom is 0.328 e. The van der Waals surface area contributed by atoms with Crippen molar-refractivity contribution in [3.8, 4) is 0 Å². The third-order valence-corrected chi connectivity index (χ3v) is 3.76. The molecule has 3 N–H and O–H groups in total. The van der Waals surface area contributed by atoms with E-state index in [1.165, 1.54) is 17.4 Å². The number of thiophene rings is 1. The molecule has 0 aliphatic carbocycles. The van der Waals surface area contributed by atoms with Crippen molar-refractivity contribution in [2.45, 2.75) is 18.9 Å². The van der Waals surface area contributed by atoms with Crippen molar-refractivity contribution in [1.29, 1.82) is 0 Å². The Hall–Kier alpha value is -2.15. The summed E-state index contributed by atoms with van der Waals surface area (Å²) in [7, 11) is 0. The number of hydrogen-bond donors (Lipinski definition) is 3. The van der Waals surface area contributed by atoms with E-state index in [2.05, 4.69) is 10.6 Å². The van der Waals surface area contributed by atoms with Gasteiger partial charge >= 0.3 is 5.97 Å². The summed E-state index contributed by atoms with van der Waals surface area (Å²) < 4.78 is 0. The van der Waals surface area contributed by atoms with Gasteiger partial charge in [0.1, 0.15) is 0 Å². The molecule has 1 aromatic heterocycles. The molecule has 7 heteroatoms. The molecule has 2 rings (SSSR count). The molecule has 20 heavy (non-hydrogen) atoms. The summed E-state index contributed by atoms with van der Waals surface area (Å²) in [4.78, 5) is 34.0. The lowest BCUT2D eigenvalue weighted by molar-refractivity contribution is -0.131. The van der Waals surface area contributed by atoms with Crippen LogP contribution >= 0.6 is 11.3 Å². The number of hydrogen-bond acceptors (Lipinski definition) is 4. The van der Waals surface area contributed by atoms with Crippen LogP contribution in [0.1, 0.15) is 28.1 Å². The highest BCUT2D eigenvalue weighted by Gasteiger charge is 2.21. The first-order chi connectivity index (χ1) is 9.54. The quantitative estimate of drug-likeness (QED) is 0.702. The van der Waals surface area contributed by atoms with Crippen molar-refractivity contribution >= 4 is 35.2 Å². The number of nitrogens with one attached hydrogen (secondary N) is 2. The fourth-order valence-electron chi connectivity index (χ4n) is 1.86. The maximum atomic E-state index is 11.9. The summed E-state index contributed by atoms with van der Waals surface area (Å²) in [6.07, 6.45) is 3.71. The maximum absolute atomic E-state index is 11.9. The molecule has 1 atom stereocenters. The van der Waals surface area contributed by atoms with E-state index >= 15 is 0 Å². The van der Waals surface area contributed by atoms with Gasteiger partial charge in [-0.25, -0.2) is 4.79 Å². The van der Waals surface area contributed by atoms with Crippen LogP contribution in [0.15, 0.2) is 17.5 Å². The molecule has 0 bridgehead atoms. The largest absolute Gasteiger partial charge is 0.478 e. The molecule has 1 aromatic rings. The van der Waals surface area contributed by atoms with Crippen LogP contribution in [0, 0.1) is 0 Å². The van der Waals surface area contributed by atoms with E-state index in [1.54, 1.807) is 11.4 Å². The van der Waals surface area contributed by atoms with E-state index in [9.17, 15) is 14.4 Å². The number of carboxylic acid groups (broad SMARTS) is 1. The summed E-state index contributed by atoms with van der Waals surface area (Å²) in [5.41, 5.74) is 0.490. The van der Waals surface area contributed by atoms with Gasteiger partial charge in [0.05, 0.1) is 5.56 Å². The summed E-state index contributed by atoms with van der Waals surface area (Å²) in [5.74, 6) is -1.24. The zero-order chi connectivity index (χ0) is 14.5. The molecule has 106 valence electrons. The van der Waals surface area contributed by atoms with E-state index < -0.39 is 5.97 Å². The predicted molar refractivity (Wildman–Crippen MR) is 74.5 cm³/mol. The zero-order valence-electron chi connectivity index (χ0n) is 10.6. The van der Waals surface area contributed by atoms with Gasteiger partial charge in [-0.15, -0.1) is 11.3 Å². The van der Waals surface area contributed by atoms with Gasteiger partial charge in [-0.2, -0.15) is 0 Å². The SMILES string of the molecule is O=C(O)C=Cc1cc(C(=O)NCC2CCC(=O)N2)cs1. The number of carbonyl (C=O) groups is 3. The van der Waals surface area contributed by atoms with Crippen LogP contribution in [0.2, 0.25) is 0 Å². The number of carbonyl (C=O) groups excluding carboxylic acids is 2. The summed E-state index contributed by atoms with van der Waals surface area (Å²) in [6.45, 7) is 0.403. The molecule has 6 nitrogen and oxygen atoms in total. The van der Waals surface area contributed by atoms with Crippen LogP contribution in [-0.4, -0.2) is 35.5 Å². The lowest BCUT2D eigenvalue weighted by Gasteiger charge is -2.10. The standard InChI is InChI=1S/C13H14N2O4S/c16-11-3-1-9(15-11)6-14-13(19)8-5-10(20-7-8)2-4-12(17)18/h2,4-5,7,9H,1,3,6H2,(H,14,19)(H,15,16)(H,17,18). The second-order valence-corrected chi connectivity index (χ2v) is 5.37. The van der Waals surface area contributed by atoms with Crippen LogP contribution < -0.4 is 10.6 Å². The van der Waals surface area contributed by atoms with Gasteiger partial charge in [0.15, 0.2) is 0 Å². The molecular formula is C13H14N2O4S. The monoisotopic (exact) mass is 294 g/mol. The topological polar surface area (TPSA) is 95.5 Å². The second-order valence-electron chi connectivity index (χ2n) is 4.42. The van der Waals surface area contributed by atoms with Crippen molar-refractivity contribution in [3.05, 3.63) is 28.0 Å². The Morgan fingerprint density at radius 3 is 3.00 bits per heavy atom. The fraction of sp³-hybridized carbons (Fsp3) is 0.308. The van der Waals surface area contributed by atoms with Crippen molar-refractivity contribution < 1.29 is 19.5 Å². The van der Waals surface area contributed by atoms with Gasteiger partial charge in [0.25, 0.3) is 5.91 Å². The Balaban J connectivity index is 1.86. The van der Waals surface area contributed by atoms with E-state index in [0.717, 1.165) is 12.5 Å². The Morgan fingerprint density at radius 2 is 2.35 bits per heavy atom. The first-order valence-corrected chi connectivity index (χ1v) is 6.99. The van der Waals surface area contributed by atoms with Crippen LogP contribution in [0.3, 0.4) is 0 Å². The number of rotatable bonds is 5. The van der Waals surface area contributed by atoms with Crippen molar-refractivity contribution in [2.75, 3.05) is 6.54 Å². The average molecular weight is 294 g/mol. The minimum Gasteiger partial charge on any atom is -0.478 e. The van der Waals surface area contributed by atoms with E-state index in [4.69, 9.17) is 5.11 Å². The summed E-state index contributed by atoms with van der Waals surface area (Å²) >= 11 is 1.30. The van der Waals surface area contributed by atoms with E-state index in [1.807, 2.05) is 0 Å². The molecule has 1 fully saturated rings. The Kier molecular flexibility index (Phi) is 4.52. The second kappa shape index (κ2) is 6.33. The van der Waals surface area contributed by atoms with Crippen LogP contribution in [-0.2, 0) is 9.59 Å². The van der Waals surface area contributed by atoms with Gasteiger partial charge in [0, 0.05) is 35.3 Å². The molecule has 1 aliphatic heterocycles. The van der Waals surface area contributed by atoms with Gasteiger partial charge in [-0.05, 0) is 18.6 Å². The molecule has 2 amide bonds. The van der Waals surface area contributed by atoms with Crippen molar-refractivity contribution in [1.82, 2.24) is 10.6 Å². The lowest BCUT2D eigenvalue weighted by atomic mass is 10.2. The predicted octanol–water partition coefficient (Wildman–Crippen LogP) is 0.854. The van der Waals surface area contributed by atoms with Gasteiger partial charge in [0.2, 0.25) is 5.91 Å². The third-order valence-electron chi connectivity index (χ3n) is 2.87. The average Bonchev–Trinajstić information content (AvgIpc) is 3.02. The number of amides is 2. The van der Waals surface area contributed by atoms with Crippen LogP contribution in [0.4, 0.5) is 0 Å². The Morgan fingerprint density at radius 1 is 1.55 bits per heavy atom. The molecule has 0 spiro atoms. The lowest BCUT2D eigenvalue weighted by Crippen LogP contribution is -2.38. The molecule has 2 heterocycles. The van der Waals surface area contributed by atoms with E-state index in [-0.39, 0.29) is 17.9 Å². The highest BCUT2D eigenvalue weighted by molar-refractivity contribution is 7.11. The minimum atomic E-state index is -1.03. The first kappa shape index (κ1) is 14.3. The van der Waals surface area contributed by atoms with E-state index in [0.29, 0.717) is 23.4 Å². The smallest absolute Gasteiger partial charge is 0.328 e. The molecule has 0 radical (unpaired) electrons. The fourth-order valence-corrected chi connectivity index (χ4v) is 2.64. The third kappa shape index (κ3) is 3.92. The van der Waals surface area contributed by atoms with Crippen molar-refractivity contribution in [2.24, 2.45) is 0 Å². The number of aliphatic carboxylic acids is 1. The van der Waals surface area contributed by atoms with Crippen molar-refractivity contribution in [3.63, 3.8) is 0 Å². The van der Waals surface area contributed by atoms with Crippen LogP contribution in [0.25, 0.3) is 6.08 Å². The molecule has 0 saturated carbocycles. The highest BCUT2D eigenvalue weighted by Crippen LogP contribution is 2.16. The Bertz CT molecular complexity index is 564. The highest BCUT2D eigenvalue weighted by atomic mass is 32.1. The normalized spacial score (nSPS) is 18.2. The van der Waals surface area contributed by atoms with Gasteiger partial charge in [-0.1, -0.05) is 0 Å². The number of carboxylic acids is 1. The van der Waals surface area contributed by atoms with Gasteiger partial charge in [-0.3, -0.25) is 9.59 Å². The zero-order valence-corrected chi connectivity index (χ0v) is 11.4. The Labute approximate surface area is 119 Å². The summed E-state index contributed by atoms with van der Waals surface area (Å²) in [5, 5.41) is 15.7. The summed E-state index contributed by atoms with van der Waals surface area (Å²) in [6, 6.07) is 1.63.